The normalized spacial score (nSPS) is 12.5. The number of para-hydroxylation sites is 1. The maximum Gasteiger partial charge on any atom is 0.122 e. The van der Waals surface area contributed by atoms with Crippen molar-refractivity contribution in [2.24, 2.45) is 0 Å². The minimum atomic E-state index is 0.598. The van der Waals surface area contributed by atoms with Crippen molar-refractivity contribution in [2.45, 2.75) is 32.6 Å². The van der Waals surface area contributed by atoms with Crippen molar-refractivity contribution in [2.75, 3.05) is 7.11 Å². The van der Waals surface area contributed by atoms with Crippen molar-refractivity contribution in [1.82, 2.24) is 0 Å². The van der Waals surface area contributed by atoms with E-state index in [0.717, 1.165) is 5.75 Å². The summed E-state index contributed by atoms with van der Waals surface area (Å²) >= 11 is 0. The Morgan fingerprint density at radius 3 is 2.62 bits per heavy atom. The highest BCUT2D eigenvalue weighted by atomic mass is 16.5. The topological polar surface area (TPSA) is 9.23 Å². The molecule has 1 heteroatoms. The SMILES string of the molecule is CCCC(C)c1ccccc1OC. The van der Waals surface area contributed by atoms with Crippen molar-refractivity contribution in [3.63, 3.8) is 0 Å². The summed E-state index contributed by atoms with van der Waals surface area (Å²) in [5.74, 6) is 1.62. The molecular weight excluding hydrogens is 160 g/mol. The average Bonchev–Trinajstić information content (AvgIpc) is 2.18. The van der Waals surface area contributed by atoms with Gasteiger partial charge in [0, 0.05) is 0 Å². The number of benzene rings is 1. The van der Waals surface area contributed by atoms with Gasteiger partial charge in [0.2, 0.25) is 0 Å². The molecule has 1 atom stereocenters. The first-order chi connectivity index (χ1) is 6.29. The molecule has 13 heavy (non-hydrogen) atoms. The predicted octanol–water partition coefficient (Wildman–Crippen LogP) is 3.60. The molecular formula is C12H18O. The molecule has 0 aliphatic heterocycles. The quantitative estimate of drug-likeness (QED) is 0.684. The highest BCUT2D eigenvalue weighted by molar-refractivity contribution is 5.35. The van der Waals surface area contributed by atoms with E-state index in [9.17, 15) is 0 Å². The Morgan fingerprint density at radius 1 is 1.31 bits per heavy atom. The standard InChI is InChI=1S/C12H18O/c1-4-7-10(2)11-8-5-6-9-12(11)13-3/h5-6,8-10H,4,7H2,1-3H3. The maximum absolute atomic E-state index is 5.31. The van der Waals surface area contributed by atoms with Gasteiger partial charge in [-0.15, -0.1) is 0 Å². The number of rotatable bonds is 4. The highest BCUT2D eigenvalue weighted by Gasteiger charge is 2.08. The van der Waals surface area contributed by atoms with Crippen LogP contribution in [0.2, 0.25) is 0 Å². The maximum atomic E-state index is 5.31. The summed E-state index contributed by atoms with van der Waals surface area (Å²) in [5.41, 5.74) is 1.33. The van der Waals surface area contributed by atoms with E-state index in [1.54, 1.807) is 7.11 Å². The van der Waals surface area contributed by atoms with E-state index in [1.807, 2.05) is 12.1 Å². The smallest absolute Gasteiger partial charge is 0.122 e. The minimum Gasteiger partial charge on any atom is -0.496 e. The fourth-order valence-electron chi connectivity index (χ4n) is 1.66. The predicted molar refractivity (Wildman–Crippen MR) is 56.3 cm³/mol. The molecule has 0 N–H and O–H groups in total. The lowest BCUT2D eigenvalue weighted by Gasteiger charge is -2.14. The van der Waals surface area contributed by atoms with Gasteiger partial charge in [-0.3, -0.25) is 0 Å². The van der Waals surface area contributed by atoms with Crippen LogP contribution in [0.5, 0.6) is 5.75 Å². The molecule has 0 saturated carbocycles. The number of hydrogen-bond acceptors (Lipinski definition) is 1. The van der Waals surface area contributed by atoms with Crippen molar-refractivity contribution in [1.29, 1.82) is 0 Å². The van der Waals surface area contributed by atoms with Gasteiger partial charge in [-0.1, -0.05) is 38.5 Å². The van der Waals surface area contributed by atoms with E-state index in [-0.39, 0.29) is 0 Å². The summed E-state index contributed by atoms with van der Waals surface area (Å²) in [6.07, 6.45) is 2.44. The van der Waals surface area contributed by atoms with Crippen molar-refractivity contribution in [3.05, 3.63) is 29.8 Å². The third-order valence-corrected chi connectivity index (χ3v) is 2.39. The second kappa shape index (κ2) is 4.90. The van der Waals surface area contributed by atoms with Gasteiger partial charge in [-0.25, -0.2) is 0 Å². The first kappa shape index (κ1) is 10.1. The Kier molecular flexibility index (Phi) is 3.81. The molecule has 1 nitrogen and oxygen atoms in total. The van der Waals surface area contributed by atoms with Crippen molar-refractivity contribution in [3.8, 4) is 5.75 Å². The van der Waals surface area contributed by atoms with Crippen LogP contribution in [0.1, 0.15) is 38.2 Å². The van der Waals surface area contributed by atoms with Crippen LogP contribution >= 0.6 is 0 Å². The van der Waals surface area contributed by atoms with E-state index < -0.39 is 0 Å². The van der Waals surface area contributed by atoms with Crippen LogP contribution in [-0.4, -0.2) is 7.11 Å². The van der Waals surface area contributed by atoms with Crippen LogP contribution in [0.4, 0.5) is 0 Å². The minimum absolute atomic E-state index is 0.598. The molecule has 1 rings (SSSR count). The van der Waals surface area contributed by atoms with E-state index in [4.69, 9.17) is 4.74 Å². The summed E-state index contributed by atoms with van der Waals surface area (Å²) in [5, 5.41) is 0. The lowest BCUT2D eigenvalue weighted by Crippen LogP contribution is -1.96. The monoisotopic (exact) mass is 178 g/mol. The second-order valence-electron chi connectivity index (χ2n) is 3.43. The van der Waals surface area contributed by atoms with Crippen LogP contribution in [0.3, 0.4) is 0 Å². The summed E-state index contributed by atoms with van der Waals surface area (Å²) in [7, 11) is 1.73. The molecule has 1 unspecified atom stereocenters. The van der Waals surface area contributed by atoms with Gasteiger partial charge >= 0.3 is 0 Å². The molecule has 0 aliphatic carbocycles. The van der Waals surface area contributed by atoms with E-state index in [1.165, 1.54) is 18.4 Å². The zero-order chi connectivity index (χ0) is 9.68. The number of ether oxygens (including phenoxy) is 1. The molecule has 1 aromatic rings. The van der Waals surface area contributed by atoms with Crippen LogP contribution in [0.15, 0.2) is 24.3 Å². The first-order valence-electron chi connectivity index (χ1n) is 4.92. The van der Waals surface area contributed by atoms with E-state index in [2.05, 4.69) is 26.0 Å². The second-order valence-corrected chi connectivity index (χ2v) is 3.43. The van der Waals surface area contributed by atoms with Crippen LogP contribution in [0, 0.1) is 0 Å². The Hall–Kier alpha value is -0.980. The zero-order valence-corrected chi connectivity index (χ0v) is 8.71. The lowest BCUT2D eigenvalue weighted by atomic mass is 9.96. The van der Waals surface area contributed by atoms with Crippen molar-refractivity contribution < 1.29 is 4.74 Å². The van der Waals surface area contributed by atoms with Gasteiger partial charge in [0.1, 0.15) is 5.75 Å². The van der Waals surface area contributed by atoms with Gasteiger partial charge in [-0.2, -0.15) is 0 Å². The summed E-state index contributed by atoms with van der Waals surface area (Å²) in [4.78, 5) is 0. The molecule has 0 radical (unpaired) electrons. The Morgan fingerprint density at radius 2 is 2.00 bits per heavy atom. The van der Waals surface area contributed by atoms with Crippen LogP contribution in [-0.2, 0) is 0 Å². The van der Waals surface area contributed by atoms with Gasteiger partial charge in [0.05, 0.1) is 7.11 Å². The summed E-state index contributed by atoms with van der Waals surface area (Å²) in [6.45, 7) is 4.47. The van der Waals surface area contributed by atoms with Gasteiger partial charge in [0.25, 0.3) is 0 Å². The Labute approximate surface area is 80.7 Å². The average molecular weight is 178 g/mol. The fraction of sp³-hybridized carbons (Fsp3) is 0.500. The van der Waals surface area contributed by atoms with E-state index >= 15 is 0 Å². The molecule has 0 saturated heterocycles. The Balaban J connectivity index is 2.85. The summed E-state index contributed by atoms with van der Waals surface area (Å²) < 4.78 is 5.31. The molecule has 0 aromatic heterocycles. The third-order valence-electron chi connectivity index (χ3n) is 2.39. The molecule has 0 aliphatic rings. The molecule has 0 bridgehead atoms. The van der Waals surface area contributed by atoms with Gasteiger partial charge < -0.3 is 4.74 Å². The fourth-order valence-corrected chi connectivity index (χ4v) is 1.66. The first-order valence-corrected chi connectivity index (χ1v) is 4.92. The van der Waals surface area contributed by atoms with Gasteiger partial charge in [0.15, 0.2) is 0 Å². The molecule has 0 spiro atoms. The van der Waals surface area contributed by atoms with E-state index in [0.29, 0.717) is 5.92 Å². The van der Waals surface area contributed by atoms with Crippen LogP contribution in [0.25, 0.3) is 0 Å². The number of hydrogen-bond donors (Lipinski definition) is 0. The molecule has 0 amide bonds. The largest absolute Gasteiger partial charge is 0.496 e. The lowest BCUT2D eigenvalue weighted by molar-refractivity contribution is 0.405. The van der Waals surface area contributed by atoms with Crippen molar-refractivity contribution >= 4 is 0 Å². The molecule has 1 aromatic carbocycles. The molecule has 72 valence electrons. The van der Waals surface area contributed by atoms with Gasteiger partial charge in [-0.05, 0) is 24.0 Å². The summed E-state index contributed by atoms with van der Waals surface area (Å²) in [6, 6.07) is 8.27. The molecule has 0 fully saturated rings. The Bertz CT molecular complexity index is 255. The number of methoxy groups -OCH3 is 1. The molecule has 0 heterocycles. The third kappa shape index (κ3) is 2.48. The van der Waals surface area contributed by atoms with Crippen LogP contribution < -0.4 is 4.74 Å². The zero-order valence-electron chi connectivity index (χ0n) is 8.71. The highest BCUT2D eigenvalue weighted by Crippen LogP contribution is 2.28.